The van der Waals surface area contributed by atoms with Gasteiger partial charge in [-0.2, -0.15) is 13.2 Å². The second kappa shape index (κ2) is 4.28. The topological polar surface area (TPSA) is 38.0 Å². The van der Waals surface area contributed by atoms with E-state index in [4.69, 9.17) is 5.73 Å². The molecule has 0 aliphatic heterocycles. The third-order valence-electron chi connectivity index (χ3n) is 2.24. The van der Waals surface area contributed by atoms with Gasteiger partial charge in [0.25, 0.3) is 0 Å². The second-order valence-corrected chi connectivity index (χ2v) is 3.60. The summed E-state index contributed by atoms with van der Waals surface area (Å²) in [5, 5.41) is 3.04. The molecule has 3 N–H and O–H groups in total. The van der Waals surface area contributed by atoms with E-state index in [1.165, 1.54) is 0 Å². The van der Waals surface area contributed by atoms with Crippen LogP contribution in [0.15, 0.2) is 0 Å². The van der Waals surface area contributed by atoms with Crippen molar-refractivity contribution in [3.8, 4) is 0 Å². The van der Waals surface area contributed by atoms with Gasteiger partial charge in [-0.25, -0.2) is 0 Å². The molecular weight excluding hydrogens is 181 g/mol. The Morgan fingerprint density at radius 2 is 1.92 bits per heavy atom. The first-order valence-electron chi connectivity index (χ1n) is 4.53. The first-order valence-corrected chi connectivity index (χ1v) is 4.53. The SMILES string of the molecule is NC1CC(NCCCC(F)(F)F)C1. The lowest BCUT2D eigenvalue weighted by Gasteiger charge is -2.33. The van der Waals surface area contributed by atoms with Crippen molar-refractivity contribution in [3.63, 3.8) is 0 Å². The molecule has 5 heteroatoms. The number of hydrogen-bond acceptors (Lipinski definition) is 2. The van der Waals surface area contributed by atoms with Gasteiger partial charge in [-0.05, 0) is 25.8 Å². The Bertz CT molecular complexity index is 152. The van der Waals surface area contributed by atoms with E-state index < -0.39 is 12.6 Å². The molecule has 0 saturated heterocycles. The van der Waals surface area contributed by atoms with E-state index in [0.717, 1.165) is 12.8 Å². The van der Waals surface area contributed by atoms with Gasteiger partial charge >= 0.3 is 6.18 Å². The molecule has 2 nitrogen and oxygen atoms in total. The lowest BCUT2D eigenvalue weighted by atomic mass is 9.87. The van der Waals surface area contributed by atoms with Gasteiger partial charge in [-0.15, -0.1) is 0 Å². The van der Waals surface area contributed by atoms with Gasteiger partial charge in [-0.1, -0.05) is 0 Å². The molecule has 0 radical (unpaired) electrons. The fourth-order valence-corrected chi connectivity index (χ4v) is 1.42. The standard InChI is InChI=1S/C8H15F3N2/c9-8(10,11)2-1-3-13-7-4-6(12)5-7/h6-7,13H,1-5,12H2. The third-order valence-corrected chi connectivity index (χ3v) is 2.24. The van der Waals surface area contributed by atoms with Gasteiger partial charge in [0.1, 0.15) is 0 Å². The average Bonchev–Trinajstić information content (AvgIpc) is 1.91. The highest BCUT2D eigenvalue weighted by Gasteiger charge is 2.27. The Morgan fingerprint density at radius 3 is 2.38 bits per heavy atom. The summed E-state index contributed by atoms with van der Waals surface area (Å²) < 4.78 is 35.1. The number of halogens is 3. The number of alkyl halides is 3. The minimum absolute atomic E-state index is 0.162. The van der Waals surface area contributed by atoms with Gasteiger partial charge in [0, 0.05) is 18.5 Å². The van der Waals surface area contributed by atoms with Crippen LogP contribution in [0.1, 0.15) is 25.7 Å². The molecule has 0 bridgehead atoms. The van der Waals surface area contributed by atoms with Crippen LogP contribution >= 0.6 is 0 Å². The normalized spacial score (nSPS) is 28.6. The molecule has 0 aromatic rings. The first kappa shape index (κ1) is 10.8. The summed E-state index contributed by atoms with van der Waals surface area (Å²) in [4.78, 5) is 0. The summed E-state index contributed by atoms with van der Waals surface area (Å²) >= 11 is 0. The van der Waals surface area contributed by atoms with Crippen molar-refractivity contribution in [2.75, 3.05) is 6.54 Å². The zero-order chi connectivity index (χ0) is 9.90. The van der Waals surface area contributed by atoms with Gasteiger partial charge < -0.3 is 11.1 Å². The molecule has 0 amide bonds. The van der Waals surface area contributed by atoms with Crippen molar-refractivity contribution in [3.05, 3.63) is 0 Å². The predicted octanol–water partition coefficient (Wildman–Crippen LogP) is 1.41. The minimum atomic E-state index is -4.02. The van der Waals surface area contributed by atoms with E-state index in [1.54, 1.807) is 0 Å². The Hall–Kier alpha value is -0.290. The number of nitrogens with two attached hydrogens (primary N) is 1. The van der Waals surface area contributed by atoms with Crippen LogP contribution in [0, 0.1) is 0 Å². The van der Waals surface area contributed by atoms with E-state index in [-0.39, 0.29) is 12.5 Å². The van der Waals surface area contributed by atoms with Gasteiger partial charge in [0.05, 0.1) is 0 Å². The van der Waals surface area contributed by atoms with Crippen molar-refractivity contribution < 1.29 is 13.2 Å². The van der Waals surface area contributed by atoms with Crippen molar-refractivity contribution in [1.29, 1.82) is 0 Å². The molecule has 1 saturated carbocycles. The van der Waals surface area contributed by atoms with E-state index >= 15 is 0 Å². The Morgan fingerprint density at radius 1 is 1.31 bits per heavy atom. The molecule has 1 fully saturated rings. The summed E-state index contributed by atoms with van der Waals surface area (Å²) in [5.74, 6) is 0. The highest BCUT2D eigenvalue weighted by Crippen LogP contribution is 2.21. The van der Waals surface area contributed by atoms with Crippen molar-refractivity contribution >= 4 is 0 Å². The van der Waals surface area contributed by atoms with Crippen LogP contribution in [0.3, 0.4) is 0 Å². The Labute approximate surface area is 75.7 Å². The van der Waals surface area contributed by atoms with Crippen LogP contribution in [0.4, 0.5) is 13.2 Å². The highest BCUT2D eigenvalue weighted by atomic mass is 19.4. The van der Waals surface area contributed by atoms with Gasteiger partial charge in [0.15, 0.2) is 0 Å². The predicted molar refractivity (Wildman–Crippen MR) is 44.3 cm³/mol. The number of hydrogen-bond donors (Lipinski definition) is 2. The largest absolute Gasteiger partial charge is 0.389 e. The summed E-state index contributed by atoms with van der Waals surface area (Å²) in [6.45, 7) is 0.441. The molecule has 0 heterocycles. The molecule has 0 aromatic carbocycles. The molecule has 1 rings (SSSR count). The van der Waals surface area contributed by atoms with Crippen molar-refractivity contribution in [2.45, 2.75) is 43.9 Å². The van der Waals surface area contributed by atoms with Gasteiger partial charge in [0.2, 0.25) is 0 Å². The maximum atomic E-state index is 11.7. The first-order chi connectivity index (χ1) is 5.97. The van der Waals surface area contributed by atoms with Gasteiger partial charge in [-0.3, -0.25) is 0 Å². The molecule has 78 valence electrons. The van der Waals surface area contributed by atoms with Crippen LogP contribution in [0.2, 0.25) is 0 Å². The van der Waals surface area contributed by atoms with E-state index in [9.17, 15) is 13.2 Å². The molecule has 1 aliphatic carbocycles. The zero-order valence-corrected chi connectivity index (χ0v) is 7.40. The quantitative estimate of drug-likeness (QED) is 0.667. The second-order valence-electron chi connectivity index (χ2n) is 3.60. The maximum Gasteiger partial charge on any atom is 0.389 e. The lowest BCUT2D eigenvalue weighted by molar-refractivity contribution is -0.135. The fourth-order valence-electron chi connectivity index (χ4n) is 1.42. The van der Waals surface area contributed by atoms with Crippen molar-refractivity contribution in [2.24, 2.45) is 5.73 Å². The number of nitrogens with one attached hydrogen (secondary N) is 1. The molecular formula is C8H15F3N2. The zero-order valence-electron chi connectivity index (χ0n) is 7.40. The maximum absolute atomic E-state index is 11.7. The summed E-state index contributed by atoms with van der Waals surface area (Å²) in [6, 6.07) is 0.600. The monoisotopic (exact) mass is 196 g/mol. The molecule has 0 aromatic heterocycles. The van der Waals surface area contributed by atoms with E-state index in [1.807, 2.05) is 0 Å². The van der Waals surface area contributed by atoms with E-state index in [0.29, 0.717) is 12.6 Å². The lowest BCUT2D eigenvalue weighted by Crippen LogP contribution is -2.48. The van der Waals surface area contributed by atoms with Crippen LogP contribution in [0.25, 0.3) is 0 Å². The fraction of sp³-hybridized carbons (Fsp3) is 1.00. The van der Waals surface area contributed by atoms with Crippen LogP contribution in [0.5, 0.6) is 0 Å². The Balaban J connectivity index is 1.90. The Kier molecular flexibility index (Phi) is 3.55. The number of rotatable bonds is 4. The van der Waals surface area contributed by atoms with Crippen LogP contribution < -0.4 is 11.1 Å². The summed E-state index contributed by atoms with van der Waals surface area (Å²) in [6.07, 6.45) is -2.76. The summed E-state index contributed by atoms with van der Waals surface area (Å²) in [7, 11) is 0. The third kappa shape index (κ3) is 4.47. The minimum Gasteiger partial charge on any atom is -0.328 e. The molecule has 0 spiro atoms. The molecule has 1 aliphatic rings. The molecule has 13 heavy (non-hydrogen) atoms. The summed E-state index contributed by atoms with van der Waals surface area (Å²) in [5.41, 5.74) is 5.52. The molecule has 0 atom stereocenters. The average molecular weight is 196 g/mol. The molecule has 0 unspecified atom stereocenters. The smallest absolute Gasteiger partial charge is 0.328 e. The van der Waals surface area contributed by atoms with Crippen LogP contribution in [-0.4, -0.2) is 24.8 Å². The van der Waals surface area contributed by atoms with Crippen LogP contribution in [-0.2, 0) is 0 Å². The highest BCUT2D eigenvalue weighted by molar-refractivity contribution is 4.87. The van der Waals surface area contributed by atoms with Crippen molar-refractivity contribution in [1.82, 2.24) is 5.32 Å². The van der Waals surface area contributed by atoms with E-state index in [2.05, 4.69) is 5.32 Å².